The minimum atomic E-state index is -1.01. The number of aromatic nitrogens is 3. The molecule has 1 spiro atoms. The van der Waals surface area contributed by atoms with Gasteiger partial charge in [0, 0.05) is 17.2 Å². The molecule has 2 heterocycles. The number of aliphatic carboxylic acids is 1. The van der Waals surface area contributed by atoms with Crippen LogP contribution < -0.4 is 5.32 Å². The van der Waals surface area contributed by atoms with Crippen molar-refractivity contribution in [2.45, 2.75) is 37.0 Å². The molecular formula is C34H27FN4O3. The monoisotopic (exact) mass is 558 g/mol. The van der Waals surface area contributed by atoms with Crippen LogP contribution in [0, 0.1) is 5.82 Å². The maximum Gasteiger partial charge on any atom is 0.313 e. The molecule has 1 amide bonds. The van der Waals surface area contributed by atoms with Gasteiger partial charge in [-0.2, -0.15) is 5.10 Å². The van der Waals surface area contributed by atoms with Gasteiger partial charge in [0.2, 0.25) is 5.91 Å². The summed E-state index contributed by atoms with van der Waals surface area (Å²) in [7, 11) is 0. The van der Waals surface area contributed by atoms with Crippen LogP contribution in [0.25, 0.3) is 27.9 Å². The Kier molecular flexibility index (Phi) is 5.66. The summed E-state index contributed by atoms with van der Waals surface area (Å²) in [5.41, 5.74) is 5.30. The Morgan fingerprint density at radius 1 is 0.976 bits per heavy atom. The quantitative estimate of drug-likeness (QED) is 0.249. The second kappa shape index (κ2) is 9.21. The molecule has 0 saturated heterocycles. The van der Waals surface area contributed by atoms with Crippen LogP contribution >= 0.6 is 0 Å². The third kappa shape index (κ3) is 3.94. The van der Waals surface area contributed by atoms with E-state index >= 15 is 4.39 Å². The van der Waals surface area contributed by atoms with E-state index in [-0.39, 0.29) is 11.8 Å². The largest absolute Gasteiger partial charge is 0.481 e. The first kappa shape index (κ1) is 25.8. The van der Waals surface area contributed by atoms with Crippen molar-refractivity contribution in [3.63, 3.8) is 0 Å². The van der Waals surface area contributed by atoms with E-state index in [1.807, 2.05) is 78.9 Å². The van der Waals surface area contributed by atoms with Gasteiger partial charge in [0.05, 0.1) is 16.5 Å². The Morgan fingerprint density at radius 3 is 2.24 bits per heavy atom. The second-order valence-corrected chi connectivity index (χ2v) is 11.6. The smallest absolute Gasteiger partial charge is 0.313 e. The standard InChI is InChI=1S/C34H27FN4O3/c1-33(2,32(41)42)24-11-7-23(8-12-24)28-17-34(28)27-15-26(29(35)16-30(27)38-31(34)40)22-5-3-20(4-6-22)21-9-13-25(14-10-21)39-19-36-18-37-39/h3-16,18-19,28H,17H2,1-2H3,(H,38,40)(H,41,42). The Morgan fingerprint density at radius 2 is 1.62 bits per heavy atom. The van der Waals surface area contributed by atoms with Gasteiger partial charge in [-0.3, -0.25) is 9.59 Å². The van der Waals surface area contributed by atoms with Crippen molar-refractivity contribution in [3.05, 3.63) is 120 Å². The fourth-order valence-electron chi connectivity index (χ4n) is 6.08. The molecule has 8 heteroatoms. The molecule has 5 aromatic rings. The average molecular weight is 559 g/mol. The third-order valence-corrected chi connectivity index (χ3v) is 8.85. The zero-order chi connectivity index (χ0) is 29.2. The Bertz CT molecular complexity index is 1850. The van der Waals surface area contributed by atoms with Gasteiger partial charge < -0.3 is 10.4 Å². The van der Waals surface area contributed by atoms with E-state index in [4.69, 9.17) is 0 Å². The summed E-state index contributed by atoms with van der Waals surface area (Å²) in [6.45, 7) is 3.34. The molecule has 1 aliphatic carbocycles. The molecule has 7 nitrogen and oxygen atoms in total. The van der Waals surface area contributed by atoms with Gasteiger partial charge >= 0.3 is 5.97 Å². The number of hydrogen-bond acceptors (Lipinski definition) is 4. The molecule has 0 bridgehead atoms. The number of amides is 1. The molecule has 7 rings (SSSR count). The summed E-state index contributed by atoms with van der Waals surface area (Å²) in [6, 6.07) is 26.4. The summed E-state index contributed by atoms with van der Waals surface area (Å²) < 4.78 is 17.1. The van der Waals surface area contributed by atoms with Crippen molar-refractivity contribution in [1.82, 2.24) is 14.8 Å². The second-order valence-electron chi connectivity index (χ2n) is 11.6. The van der Waals surface area contributed by atoms with Crippen molar-refractivity contribution in [2.75, 3.05) is 5.32 Å². The van der Waals surface area contributed by atoms with Crippen LogP contribution in [0.2, 0.25) is 0 Å². The number of benzene rings is 4. The van der Waals surface area contributed by atoms with Gasteiger partial charge in [-0.25, -0.2) is 14.1 Å². The number of carbonyl (C=O) groups excluding carboxylic acids is 1. The van der Waals surface area contributed by atoms with Crippen molar-refractivity contribution in [2.24, 2.45) is 0 Å². The summed E-state index contributed by atoms with van der Waals surface area (Å²) in [4.78, 5) is 28.9. The molecule has 1 aromatic heterocycles. The van der Waals surface area contributed by atoms with E-state index < -0.39 is 22.6 Å². The van der Waals surface area contributed by atoms with Crippen LogP contribution in [0.1, 0.15) is 42.9 Å². The lowest BCUT2D eigenvalue weighted by atomic mass is 9.83. The van der Waals surface area contributed by atoms with E-state index in [9.17, 15) is 14.7 Å². The number of carboxylic acids is 1. The van der Waals surface area contributed by atoms with Gasteiger partial charge in [0.1, 0.15) is 18.5 Å². The normalized spacial score (nSPS) is 19.0. The maximum absolute atomic E-state index is 15.4. The van der Waals surface area contributed by atoms with Crippen molar-refractivity contribution in [3.8, 4) is 27.9 Å². The van der Waals surface area contributed by atoms with E-state index in [0.717, 1.165) is 33.5 Å². The summed E-state index contributed by atoms with van der Waals surface area (Å²) in [5.74, 6) is -1.49. The lowest BCUT2D eigenvalue weighted by Crippen LogP contribution is -2.28. The minimum absolute atomic E-state index is 0.0677. The van der Waals surface area contributed by atoms with E-state index in [1.54, 1.807) is 24.9 Å². The maximum atomic E-state index is 15.4. The van der Waals surface area contributed by atoms with Crippen molar-refractivity contribution < 1.29 is 19.1 Å². The van der Waals surface area contributed by atoms with E-state index in [0.29, 0.717) is 23.2 Å². The average Bonchev–Trinajstić information content (AvgIpc) is 3.38. The molecule has 208 valence electrons. The molecule has 2 aliphatic rings. The first-order valence-corrected chi connectivity index (χ1v) is 13.7. The van der Waals surface area contributed by atoms with Crippen molar-refractivity contribution in [1.29, 1.82) is 0 Å². The van der Waals surface area contributed by atoms with Gasteiger partial charge in [-0.1, -0.05) is 60.7 Å². The highest BCUT2D eigenvalue weighted by Crippen LogP contribution is 2.65. The van der Waals surface area contributed by atoms with E-state index in [2.05, 4.69) is 15.4 Å². The lowest BCUT2D eigenvalue weighted by molar-refractivity contribution is -0.142. The predicted molar refractivity (Wildman–Crippen MR) is 157 cm³/mol. The van der Waals surface area contributed by atoms with Crippen molar-refractivity contribution >= 4 is 17.6 Å². The molecule has 1 fully saturated rings. The van der Waals surface area contributed by atoms with Gasteiger partial charge in [0.25, 0.3) is 0 Å². The molecule has 2 unspecified atom stereocenters. The zero-order valence-electron chi connectivity index (χ0n) is 23.0. The number of carbonyl (C=O) groups is 2. The van der Waals surface area contributed by atoms with Gasteiger partial charge in [-0.15, -0.1) is 0 Å². The fraction of sp³-hybridized carbons (Fsp3) is 0.176. The van der Waals surface area contributed by atoms with Crippen LogP contribution in [0.15, 0.2) is 97.6 Å². The molecule has 4 aromatic carbocycles. The topological polar surface area (TPSA) is 97.1 Å². The van der Waals surface area contributed by atoms with Crippen LogP contribution in [0.5, 0.6) is 0 Å². The van der Waals surface area contributed by atoms with Gasteiger partial charge in [-0.05, 0) is 77.9 Å². The Labute approximate surface area is 241 Å². The van der Waals surface area contributed by atoms with Crippen LogP contribution in [-0.2, 0) is 20.4 Å². The number of hydrogen-bond donors (Lipinski definition) is 2. The fourth-order valence-corrected chi connectivity index (χ4v) is 6.08. The molecule has 42 heavy (non-hydrogen) atoms. The van der Waals surface area contributed by atoms with Crippen LogP contribution in [0.3, 0.4) is 0 Å². The molecular weight excluding hydrogens is 531 g/mol. The highest BCUT2D eigenvalue weighted by Gasteiger charge is 2.65. The first-order chi connectivity index (χ1) is 20.2. The minimum Gasteiger partial charge on any atom is -0.481 e. The number of anilines is 1. The molecule has 1 saturated carbocycles. The molecule has 0 radical (unpaired) electrons. The number of carboxylic acid groups (broad SMARTS) is 1. The van der Waals surface area contributed by atoms with E-state index in [1.165, 1.54) is 12.4 Å². The molecule has 1 aliphatic heterocycles. The van der Waals surface area contributed by atoms with Crippen LogP contribution in [0.4, 0.5) is 10.1 Å². The predicted octanol–water partition coefficient (Wildman–Crippen LogP) is 6.48. The summed E-state index contributed by atoms with van der Waals surface area (Å²) in [5, 5.41) is 16.6. The summed E-state index contributed by atoms with van der Waals surface area (Å²) in [6.07, 6.45) is 3.75. The number of nitrogens with one attached hydrogen (secondary N) is 1. The highest BCUT2D eigenvalue weighted by atomic mass is 19.1. The highest BCUT2D eigenvalue weighted by molar-refractivity contribution is 6.10. The summed E-state index contributed by atoms with van der Waals surface area (Å²) >= 11 is 0. The Hall–Kier alpha value is -5.11. The lowest BCUT2D eigenvalue weighted by Gasteiger charge is -2.20. The van der Waals surface area contributed by atoms with Crippen LogP contribution in [-0.4, -0.2) is 31.7 Å². The molecule has 2 N–H and O–H groups in total. The van der Waals surface area contributed by atoms with Gasteiger partial charge in [0.15, 0.2) is 0 Å². The molecule has 2 atom stereocenters. The Balaban J connectivity index is 1.17. The third-order valence-electron chi connectivity index (χ3n) is 8.85. The number of nitrogens with zero attached hydrogens (tertiary/aromatic N) is 3. The number of rotatable bonds is 6. The first-order valence-electron chi connectivity index (χ1n) is 13.7. The number of fused-ring (bicyclic) bond motifs is 2. The number of halogens is 1. The SMILES string of the molecule is CC(C)(C(=O)O)c1ccc(C2CC23C(=O)Nc2cc(F)c(-c4ccc(-c5ccc(-n6cncn6)cc5)cc4)cc23)cc1. The zero-order valence-corrected chi connectivity index (χ0v) is 23.0.